The van der Waals surface area contributed by atoms with Gasteiger partial charge < -0.3 is 4.98 Å². The maximum Gasteiger partial charge on any atom is 0.269 e. The third-order valence-electron chi connectivity index (χ3n) is 5.24. The topological polar surface area (TPSA) is 55.2 Å². The number of nitro benzene ring substituents is 1. The van der Waals surface area contributed by atoms with Crippen molar-refractivity contribution in [2.75, 3.05) is 0 Å². The molecule has 0 aliphatic rings. The van der Waals surface area contributed by atoms with Gasteiger partial charge >= 0.3 is 0 Å². The second-order valence-electron chi connectivity index (χ2n) is 8.01. The van der Waals surface area contributed by atoms with Gasteiger partial charge in [0.05, 0.1) is 4.92 Å². The summed E-state index contributed by atoms with van der Waals surface area (Å²) in [6, 6.07) is 28.2. The van der Waals surface area contributed by atoms with E-state index in [1.807, 2.05) is 24.3 Å². The molecule has 144 valence electrons. The van der Waals surface area contributed by atoms with Gasteiger partial charge in [-0.05, 0) is 21.0 Å². The van der Waals surface area contributed by atoms with Crippen molar-refractivity contribution in [2.45, 2.75) is 32.4 Å². The zero-order valence-electron chi connectivity index (χ0n) is 16.6. The number of hydrogen-bond acceptors (Lipinski definition) is 3. The monoisotopic (exact) mass is 390 g/mol. The molecule has 0 spiro atoms. The summed E-state index contributed by atoms with van der Waals surface area (Å²) in [4.78, 5) is 14.5. The Morgan fingerprint density at radius 3 is 1.68 bits per heavy atom. The third kappa shape index (κ3) is 3.91. The average Bonchev–Trinajstić information content (AvgIpc) is 2.69. The summed E-state index contributed by atoms with van der Waals surface area (Å²) < 4.78 is 0. The number of nitro groups is 1. The lowest BCUT2D eigenvalue weighted by Gasteiger charge is -2.44. The lowest BCUT2D eigenvalue weighted by molar-refractivity contribution is -0.384. The van der Waals surface area contributed by atoms with E-state index in [1.165, 1.54) is 10.4 Å². The van der Waals surface area contributed by atoms with Gasteiger partial charge in [0.25, 0.3) is 5.69 Å². The molecule has 0 radical (unpaired) electrons. The van der Waals surface area contributed by atoms with Crippen molar-refractivity contribution < 1.29 is 4.92 Å². The molecule has 0 saturated heterocycles. The van der Waals surface area contributed by atoms with Crippen LogP contribution in [0.5, 0.6) is 0 Å². The van der Waals surface area contributed by atoms with Gasteiger partial charge in [0.1, 0.15) is 0 Å². The second kappa shape index (κ2) is 8.08. The fourth-order valence-corrected chi connectivity index (χ4v) is 8.71. The van der Waals surface area contributed by atoms with E-state index in [0.717, 1.165) is 5.56 Å². The van der Waals surface area contributed by atoms with Gasteiger partial charge in [-0.25, -0.2) is 0 Å². The standard InChI is InChI=1S/C23H26N2O2Si/c1-23(2,3)28(21-10-6-4-7-11-21,22-12-8-5-9-13-22)24-18-19-14-16-20(17-15-19)25(26)27/h4-17,24H,18H2,1-3H3. The first-order valence-corrected chi connectivity index (χ1v) is 11.4. The van der Waals surface area contributed by atoms with Crippen molar-refractivity contribution in [1.29, 1.82) is 0 Å². The minimum absolute atomic E-state index is 0.0104. The smallest absolute Gasteiger partial charge is 0.269 e. The van der Waals surface area contributed by atoms with E-state index in [4.69, 9.17) is 0 Å². The van der Waals surface area contributed by atoms with Crippen LogP contribution in [0.4, 0.5) is 5.69 Å². The normalized spacial score (nSPS) is 12.0. The first kappa shape index (κ1) is 20.0. The SMILES string of the molecule is CC(C)(C)[Si](NCc1ccc([N+](=O)[O-])cc1)(c1ccccc1)c1ccccc1. The van der Waals surface area contributed by atoms with Crippen LogP contribution in [0, 0.1) is 10.1 Å². The van der Waals surface area contributed by atoms with Gasteiger partial charge in [0.2, 0.25) is 0 Å². The Bertz CT molecular complexity index is 881. The van der Waals surface area contributed by atoms with E-state index >= 15 is 0 Å². The predicted molar refractivity (Wildman–Crippen MR) is 118 cm³/mol. The Morgan fingerprint density at radius 1 is 0.821 bits per heavy atom. The minimum atomic E-state index is -2.35. The van der Waals surface area contributed by atoms with Gasteiger partial charge in [0.15, 0.2) is 8.24 Å². The lowest BCUT2D eigenvalue weighted by Crippen LogP contribution is -2.73. The molecule has 0 aliphatic heterocycles. The maximum atomic E-state index is 10.9. The van der Waals surface area contributed by atoms with Crippen molar-refractivity contribution in [3.8, 4) is 0 Å². The summed E-state index contributed by atoms with van der Waals surface area (Å²) in [5, 5.41) is 13.6. The van der Waals surface area contributed by atoms with E-state index in [-0.39, 0.29) is 15.6 Å². The van der Waals surface area contributed by atoms with E-state index in [2.05, 4.69) is 74.3 Å². The van der Waals surface area contributed by atoms with Gasteiger partial charge in [-0.1, -0.05) is 93.6 Å². The second-order valence-corrected chi connectivity index (χ2v) is 12.5. The van der Waals surface area contributed by atoms with Gasteiger partial charge in [0, 0.05) is 18.7 Å². The highest BCUT2D eigenvalue weighted by molar-refractivity contribution is 7.02. The van der Waals surface area contributed by atoms with Crippen molar-refractivity contribution in [1.82, 2.24) is 4.98 Å². The van der Waals surface area contributed by atoms with Gasteiger partial charge in [-0.2, -0.15) is 0 Å². The van der Waals surface area contributed by atoms with Crippen LogP contribution in [0.2, 0.25) is 5.04 Å². The van der Waals surface area contributed by atoms with Crippen LogP contribution < -0.4 is 15.4 Å². The first-order chi connectivity index (χ1) is 13.3. The zero-order chi connectivity index (χ0) is 20.2. The van der Waals surface area contributed by atoms with Crippen LogP contribution in [0.3, 0.4) is 0 Å². The summed E-state index contributed by atoms with van der Waals surface area (Å²) in [7, 11) is -2.35. The molecule has 3 aromatic carbocycles. The molecule has 3 aromatic rings. The Kier molecular flexibility index (Phi) is 5.77. The molecule has 0 bridgehead atoms. The molecule has 0 fully saturated rings. The zero-order valence-corrected chi connectivity index (χ0v) is 17.6. The summed E-state index contributed by atoms with van der Waals surface area (Å²) in [6.45, 7) is 7.54. The molecular weight excluding hydrogens is 364 g/mol. The highest BCUT2D eigenvalue weighted by Crippen LogP contribution is 2.34. The maximum absolute atomic E-state index is 10.9. The molecule has 0 aromatic heterocycles. The lowest BCUT2D eigenvalue weighted by atomic mass is 10.2. The number of hydrogen-bond donors (Lipinski definition) is 1. The van der Waals surface area contributed by atoms with Crippen molar-refractivity contribution in [3.05, 3.63) is 101 Å². The Hall–Kier alpha value is -2.76. The Balaban J connectivity index is 2.04. The number of benzene rings is 3. The predicted octanol–water partition coefficient (Wildman–Crippen LogP) is 4.24. The van der Waals surface area contributed by atoms with E-state index < -0.39 is 8.24 Å². The molecule has 28 heavy (non-hydrogen) atoms. The third-order valence-corrected chi connectivity index (χ3v) is 10.6. The van der Waals surface area contributed by atoms with Crippen LogP contribution in [0.1, 0.15) is 26.3 Å². The summed E-state index contributed by atoms with van der Waals surface area (Å²) in [6.07, 6.45) is 0. The highest BCUT2D eigenvalue weighted by Gasteiger charge is 2.47. The quantitative estimate of drug-likeness (QED) is 0.389. The highest BCUT2D eigenvalue weighted by atomic mass is 28.3. The molecule has 0 saturated carbocycles. The van der Waals surface area contributed by atoms with Crippen molar-refractivity contribution in [2.24, 2.45) is 0 Å². The summed E-state index contributed by atoms with van der Waals surface area (Å²) in [5.41, 5.74) is 1.16. The number of non-ortho nitro benzene ring substituents is 1. The van der Waals surface area contributed by atoms with Gasteiger partial charge in [-0.15, -0.1) is 0 Å². The van der Waals surface area contributed by atoms with Gasteiger partial charge in [-0.3, -0.25) is 10.1 Å². The van der Waals surface area contributed by atoms with Crippen LogP contribution in [0.15, 0.2) is 84.9 Å². The summed E-state index contributed by atoms with van der Waals surface area (Å²) in [5.74, 6) is 0. The molecule has 3 rings (SSSR count). The molecule has 4 nitrogen and oxygen atoms in total. The first-order valence-electron chi connectivity index (χ1n) is 9.44. The molecular formula is C23H26N2O2Si. The summed E-state index contributed by atoms with van der Waals surface area (Å²) >= 11 is 0. The number of rotatable bonds is 6. The fraction of sp³-hybridized carbons (Fsp3) is 0.217. The van der Waals surface area contributed by atoms with Crippen LogP contribution >= 0.6 is 0 Å². The molecule has 0 heterocycles. The minimum Gasteiger partial charge on any atom is -0.326 e. The molecule has 1 N–H and O–H groups in total. The van der Waals surface area contributed by atoms with E-state index in [0.29, 0.717) is 6.54 Å². The van der Waals surface area contributed by atoms with E-state index in [1.54, 1.807) is 12.1 Å². The number of nitrogens with one attached hydrogen (secondary N) is 1. The van der Waals surface area contributed by atoms with Crippen molar-refractivity contribution >= 4 is 24.3 Å². The largest absolute Gasteiger partial charge is 0.326 e. The number of nitrogens with zero attached hydrogens (tertiary/aromatic N) is 1. The van der Waals surface area contributed by atoms with Crippen LogP contribution in [0.25, 0.3) is 0 Å². The fourth-order valence-electron chi connectivity index (χ4n) is 3.85. The molecule has 5 heteroatoms. The Morgan fingerprint density at radius 2 is 1.29 bits per heavy atom. The molecule has 0 atom stereocenters. The average molecular weight is 391 g/mol. The molecule has 0 unspecified atom stereocenters. The Labute approximate surface area is 167 Å². The van der Waals surface area contributed by atoms with Crippen molar-refractivity contribution in [3.63, 3.8) is 0 Å². The van der Waals surface area contributed by atoms with Crippen LogP contribution in [-0.2, 0) is 6.54 Å². The van der Waals surface area contributed by atoms with Crippen LogP contribution in [-0.4, -0.2) is 13.2 Å². The van der Waals surface area contributed by atoms with E-state index in [9.17, 15) is 10.1 Å². The molecule has 0 aliphatic carbocycles. The molecule has 0 amide bonds.